The molecule has 1 fully saturated rings. The predicted octanol–water partition coefficient (Wildman–Crippen LogP) is 3.57. The second-order valence-corrected chi connectivity index (χ2v) is 8.11. The molecular weight excluding hydrogens is 420 g/mol. The Morgan fingerprint density at radius 2 is 1.33 bits per heavy atom. The molecule has 1 unspecified atom stereocenters. The lowest BCUT2D eigenvalue weighted by Gasteiger charge is -2.34. The zero-order valence-electron chi connectivity index (χ0n) is 18.2. The molecule has 4 rings (SSSR count). The van der Waals surface area contributed by atoms with E-state index in [1.807, 2.05) is 91.0 Å². The van der Waals surface area contributed by atoms with Crippen molar-refractivity contribution in [3.63, 3.8) is 0 Å². The van der Waals surface area contributed by atoms with Crippen molar-refractivity contribution in [2.75, 3.05) is 0 Å². The summed E-state index contributed by atoms with van der Waals surface area (Å²) in [5.74, 6) is -0.519. The molecule has 6 nitrogen and oxygen atoms in total. The highest BCUT2D eigenvalue weighted by Crippen LogP contribution is 2.31. The van der Waals surface area contributed by atoms with Gasteiger partial charge in [-0.2, -0.15) is 0 Å². The van der Waals surface area contributed by atoms with E-state index in [2.05, 4.69) is 0 Å². The van der Waals surface area contributed by atoms with Gasteiger partial charge < -0.3 is 24.4 Å². The maximum atomic E-state index is 11.9. The van der Waals surface area contributed by atoms with Gasteiger partial charge in [-0.15, -0.1) is 0 Å². The molecule has 1 saturated heterocycles. The molecule has 5 atom stereocenters. The van der Waals surface area contributed by atoms with Gasteiger partial charge in [0.05, 0.1) is 19.6 Å². The second-order valence-electron chi connectivity index (χ2n) is 8.11. The van der Waals surface area contributed by atoms with E-state index in [4.69, 9.17) is 14.2 Å². The molecule has 172 valence electrons. The molecule has 3 aromatic carbocycles. The summed E-state index contributed by atoms with van der Waals surface area (Å²) in [7, 11) is 0. The molecule has 0 aliphatic carbocycles. The minimum Gasteiger partial charge on any atom is -0.457 e. The maximum absolute atomic E-state index is 11.9. The first-order valence-corrected chi connectivity index (χ1v) is 11.0. The Morgan fingerprint density at radius 3 is 1.85 bits per heavy atom. The first-order chi connectivity index (χ1) is 16.1. The Hall–Kier alpha value is -3.03. The molecule has 0 aromatic heterocycles. The molecule has 0 amide bonds. The number of carbonyl (C=O) groups is 1. The molecule has 2 N–H and O–H groups in total. The molecule has 3 aromatic rings. The van der Waals surface area contributed by atoms with Crippen LogP contribution in [-0.2, 0) is 32.2 Å². The Morgan fingerprint density at radius 1 is 0.818 bits per heavy atom. The van der Waals surface area contributed by atoms with Crippen LogP contribution in [0.1, 0.15) is 29.2 Å². The van der Waals surface area contributed by atoms with Gasteiger partial charge in [0.25, 0.3) is 0 Å². The van der Waals surface area contributed by atoms with Gasteiger partial charge in [-0.05, 0) is 16.7 Å². The fraction of sp³-hybridized carbons (Fsp3) is 0.296. The maximum Gasteiger partial charge on any atom is 0.309 e. The number of ether oxygens (including phenoxy) is 3. The van der Waals surface area contributed by atoms with Crippen LogP contribution in [0, 0.1) is 0 Å². The first kappa shape index (κ1) is 23.1. The Bertz CT molecular complexity index is 995. The van der Waals surface area contributed by atoms with Crippen LogP contribution < -0.4 is 0 Å². The first-order valence-electron chi connectivity index (χ1n) is 11.0. The van der Waals surface area contributed by atoms with Crippen LogP contribution in [0.25, 0.3) is 0 Å². The molecule has 1 aliphatic rings. The number of hydrogen-bond donors (Lipinski definition) is 2. The predicted molar refractivity (Wildman–Crippen MR) is 122 cm³/mol. The number of esters is 1. The molecular formula is C27H28O6. The molecule has 33 heavy (non-hydrogen) atoms. The van der Waals surface area contributed by atoms with Crippen LogP contribution in [0.5, 0.6) is 0 Å². The van der Waals surface area contributed by atoms with Gasteiger partial charge in [0.1, 0.15) is 24.4 Å². The quantitative estimate of drug-likeness (QED) is 0.462. The Labute approximate surface area is 193 Å². The monoisotopic (exact) mass is 448 g/mol. The lowest BCUT2D eigenvalue weighted by molar-refractivity contribution is -0.178. The van der Waals surface area contributed by atoms with Crippen molar-refractivity contribution in [3.05, 3.63) is 108 Å². The van der Waals surface area contributed by atoms with E-state index in [1.54, 1.807) is 0 Å². The van der Waals surface area contributed by atoms with Crippen molar-refractivity contribution in [1.29, 1.82) is 0 Å². The zero-order chi connectivity index (χ0) is 23.0. The third kappa shape index (κ3) is 6.06. The number of cyclic esters (lactones) is 1. The van der Waals surface area contributed by atoms with Gasteiger partial charge in [-0.3, -0.25) is 4.79 Å². The van der Waals surface area contributed by atoms with Crippen LogP contribution in [-0.4, -0.2) is 40.6 Å². The summed E-state index contributed by atoms with van der Waals surface area (Å²) >= 11 is 0. The van der Waals surface area contributed by atoms with Crippen molar-refractivity contribution >= 4 is 5.97 Å². The number of hydrogen-bond acceptors (Lipinski definition) is 6. The van der Waals surface area contributed by atoms with E-state index >= 15 is 0 Å². The molecule has 0 spiro atoms. The topological polar surface area (TPSA) is 85.2 Å². The summed E-state index contributed by atoms with van der Waals surface area (Å²) in [6.07, 6.45) is -5.17. The second kappa shape index (κ2) is 11.2. The molecule has 0 saturated carbocycles. The summed E-state index contributed by atoms with van der Waals surface area (Å²) in [6, 6.07) is 28.5. The number of aliphatic hydroxyl groups excluding tert-OH is 2. The van der Waals surface area contributed by atoms with Crippen molar-refractivity contribution in [2.24, 2.45) is 0 Å². The van der Waals surface area contributed by atoms with Crippen LogP contribution >= 0.6 is 0 Å². The minimum absolute atomic E-state index is 0.135. The molecule has 1 heterocycles. The number of carbonyl (C=O) groups excluding carboxylic acids is 1. The van der Waals surface area contributed by atoms with E-state index in [1.165, 1.54) is 0 Å². The summed E-state index contributed by atoms with van der Waals surface area (Å²) in [5, 5.41) is 21.9. The molecule has 1 aliphatic heterocycles. The standard InChI is InChI=1S/C27H28O6/c28-22-16-23(29)33-26(22)27(32-18-20-12-6-2-7-13-20)24(30)25(21-14-8-3-9-15-21)31-17-19-10-4-1-5-11-19/h1-15,22,24-28,30H,16-18H2/t22-,24-,25-,26?,27+/m1/s1. The van der Waals surface area contributed by atoms with Gasteiger partial charge >= 0.3 is 5.97 Å². The highest BCUT2D eigenvalue weighted by molar-refractivity contribution is 5.72. The lowest BCUT2D eigenvalue weighted by atomic mass is 9.94. The highest BCUT2D eigenvalue weighted by Gasteiger charge is 2.45. The van der Waals surface area contributed by atoms with Crippen LogP contribution in [0.2, 0.25) is 0 Å². The highest BCUT2D eigenvalue weighted by atomic mass is 16.6. The average molecular weight is 449 g/mol. The average Bonchev–Trinajstić information content (AvgIpc) is 3.19. The third-order valence-corrected chi connectivity index (χ3v) is 5.68. The van der Waals surface area contributed by atoms with Gasteiger partial charge in [0.2, 0.25) is 0 Å². The van der Waals surface area contributed by atoms with Crippen molar-refractivity contribution in [1.82, 2.24) is 0 Å². The summed E-state index contributed by atoms with van der Waals surface area (Å²) < 4.78 is 17.6. The number of benzene rings is 3. The van der Waals surface area contributed by atoms with Gasteiger partial charge in [0, 0.05) is 0 Å². The van der Waals surface area contributed by atoms with Crippen molar-refractivity contribution in [2.45, 2.75) is 50.2 Å². The van der Waals surface area contributed by atoms with E-state index in [0.717, 1.165) is 16.7 Å². The summed E-state index contributed by atoms with van der Waals surface area (Å²) in [5.41, 5.74) is 2.61. The summed E-state index contributed by atoms with van der Waals surface area (Å²) in [4.78, 5) is 11.9. The molecule has 0 radical (unpaired) electrons. The van der Waals surface area contributed by atoms with Crippen molar-refractivity contribution < 1.29 is 29.2 Å². The van der Waals surface area contributed by atoms with Crippen LogP contribution in [0.3, 0.4) is 0 Å². The molecule has 0 bridgehead atoms. The van der Waals surface area contributed by atoms with Gasteiger partial charge in [0.15, 0.2) is 6.10 Å². The normalized spacial score (nSPS) is 20.7. The summed E-state index contributed by atoms with van der Waals surface area (Å²) in [6.45, 7) is 0.458. The zero-order valence-corrected chi connectivity index (χ0v) is 18.2. The smallest absolute Gasteiger partial charge is 0.309 e. The number of aliphatic hydroxyl groups is 2. The van der Waals surface area contributed by atoms with E-state index in [-0.39, 0.29) is 19.6 Å². The number of rotatable bonds is 10. The van der Waals surface area contributed by atoms with E-state index in [0.29, 0.717) is 0 Å². The minimum atomic E-state index is -1.20. The Balaban J connectivity index is 1.59. The SMILES string of the molecule is O=C1C[C@@H](O)C([C@@H](OCc2ccccc2)[C@H](O)[C@H](OCc2ccccc2)c2ccccc2)O1. The van der Waals surface area contributed by atoms with Crippen LogP contribution in [0.15, 0.2) is 91.0 Å². The largest absolute Gasteiger partial charge is 0.457 e. The van der Waals surface area contributed by atoms with E-state index in [9.17, 15) is 15.0 Å². The van der Waals surface area contributed by atoms with Crippen molar-refractivity contribution in [3.8, 4) is 0 Å². The van der Waals surface area contributed by atoms with Crippen LogP contribution in [0.4, 0.5) is 0 Å². The lowest BCUT2D eigenvalue weighted by Crippen LogP contribution is -2.47. The van der Waals surface area contributed by atoms with Gasteiger partial charge in [-0.1, -0.05) is 91.0 Å². The molecule has 6 heteroatoms. The Kier molecular flexibility index (Phi) is 7.86. The fourth-order valence-electron chi connectivity index (χ4n) is 3.97. The van der Waals surface area contributed by atoms with Gasteiger partial charge in [-0.25, -0.2) is 0 Å². The van der Waals surface area contributed by atoms with E-state index < -0.39 is 36.5 Å². The third-order valence-electron chi connectivity index (χ3n) is 5.68. The fourth-order valence-corrected chi connectivity index (χ4v) is 3.97.